The van der Waals surface area contributed by atoms with Crippen LogP contribution in [0.25, 0.3) is 0 Å². The second kappa shape index (κ2) is 4.59. The van der Waals surface area contributed by atoms with Crippen LogP contribution in [0.5, 0.6) is 0 Å². The third-order valence-electron chi connectivity index (χ3n) is 3.16. The summed E-state index contributed by atoms with van der Waals surface area (Å²) in [4.78, 5) is 13.6. The van der Waals surface area contributed by atoms with Crippen LogP contribution in [0.1, 0.15) is 33.6 Å². The summed E-state index contributed by atoms with van der Waals surface area (Å²) in [5.41, 5.74) is -0.409. The third-order valence-corrected chi connectivity index (χ3v) is 3.16. The fourth-order valence-electron chi connectivity index (χ4n) is 2.17. The van der Waals surface area contributed by atoms with Gasteiger partial charge >= 0.3 is 6.09 Å². The van der Waals surface area contributed by atoms with Gasteiger partial charge in [-0.1, -0.05) is 0 Å². The Labute approximate surface area is 103 Å². The zero-order chi connectivity index (χ0) is 12.5. The number of hydrogen-bond acceptors (Lipinski definition) is 3. The first kappa shape index (κ1) is 12.3. The highest BCUT2D eigenvalue weighted by Gasteiger charge is 2.31. The van der Waals surface area contributed by atoms with Crippen LogP contribution >= 0.6 is 0 Å². The van der Waals surface area contributed by atoms with E-state index in [1.54, 1.807) is 11.2 Å². The lowest BCUT2D eigenvalue weighted by Gasteiger charge is -2.37. The maximum atomic E-state index is 11.8. The van der Waals surface area contributed by atoms with Crippen molar-refractivity contribution in [2.45, 2.75) is 45.3 Å². The van der Waals surface area contributed by atoms with Gasteiger partial charge in [-0.15, -0.1) is 0 Å². The van der Waals surface area contributed by atoms with E-state index in [-0.39, 0.29) is 12.2 Å². The molecule has 0 bridgehead atoms. The number of likely N-dealkylation sites (tertiary alicyclic amines) is 1. The zero-order valence-corrected chi connectivity index (χ0v) is 10.8. The fourth-order valence-corrected chi connectivity index (χ4v) is 2.17. The summed E-state index contributed by atoms with van der Waals surface area (Å²) in [6, 6.07) is 0. The molecule has 1 unspecified atom stereocenters. The van der Waals surface area contributed by atoms with Crippen LogP contribution in [0.3, 0.4) is 0 Å². The van der Waals surface area contributed by atoms with Crippen LogP contribution in [0, 0.1) is 5.92 Å². The van der Waals surface area contributed by atoms with Gasteiger partial charge < -0.3 is 14.4 Å². The molecule has 2 rings (SSSR count). The predicted molar refractivity (Wildman–Crippen MR) is 64.5 cm³/mol. The molecule has 0 aromatic heterocycles. The van der Waals surface area contributed by atoms with Crippen molar-refractivity contribution in [1.29, 1.82) is 0 Å². The molecule has 0 aromatic rings. The SMILES string of the molecule is CC(C)(C)OC(=O)N1CCC(C2C=CO2)CC1. The summed E-state index contributed by atoms with van der Waals surface area (Å²) in [5.74, 6) is 0.554. The highest BCUT2D eigenvalue weighted by atomic mass is 16.6. The smallest absolute Gasteiger partial charge is 0.410 e. The number of rotatable bonds is 1. The van der Waals surface area contributed by atoms with Crippen LogP contribution in [-0.2, 0) is 9.47 Å². The Morgan fingerprint density at radius 2 is 1.94 bits per heavy atom. The highest BCUT2D eigenvalue weighted by Crippen LogP contribution is 2.27. The Bertz CT molecular complexity index is 311. The maximum Gasteiger partial charge on any atom is 0.410 e. The van der Waals surface area contributed by atoms with E-state index < -0.39 is 5.60 Å². The Kier molecular flexibility index (Phi) is 3.31. The molecule has 0 aromatic carbocycles. The number of carbonyl (C=O) groups excluding carboxylic acids is 1. The average molecular weight is 239 g/mol. The number of nitrogens with zero attached hydrogens (tertiary/aromatic N) is 1. The number of piperidine rings is 1. The molecule has 17 heavy (non-hydrogen) atoms. The first-order valence-electron chi connectivity index (χ1n) is 6.26. The van der Waals surface area contributed by atoms with Gasteiger partial charge in [-0.2, -0.15) is 0 Å². The van der Waals surface area contributed by atoms with Gasteiger partial charge in [0.15, 0.2) is 0 Å². The molecular formula is C13H21NO3. The largest absolute Gasteiger partial charge is 0.494 e. The van der Waals surface area contributed by atoms with E-state index >= 15 is 0 Å². The summed E-state index contributed by atoms with van der Waals surface area (Å²) in [7, 11) is 0. The van der Waals surface area contributed by atoms with Crippen LogP contribution < -0.4 is 0 Å². The molecule has 0 aliphatic carbocycles. The molecule has 2 aliphatic heterocycles. The van der Waals surface area contributed by atoms with Crippen molar-refractivity contribution in [3.63, 3.8) is 0 Å². The third kappa shape index (κ3) is 3.14. The Morgan fingerprint density at radius 3 is 2.35 bits per heavy atom. The second-order valence-corrected chi connectivity index (χ2v) is 5.73. The van der Waals surface area contributed by atoms with Crippen LogP contribution in [0.4, 0.5) is 4.79 Å². The molecule has 1 fully saturated rings. The summed E-state index contributed by atoms with van der Waals surface area (Å²) in [6.45, 7) is 7.22. The zero-order valence-electron chi connectivity index (χ0n) is 10.8. The first-order valence-corrected chi connectivity index (χ1v) is 6.26. The Balaban J connectivity index is 1.78. The Morgan fingerprint density at radius 1 is 1.35 bits per heavy atom. The second-order valence-electron chi connectivity index (χ2n) is 5.73. The Hall–Kier alpha value is -1.19. The van der Waals surface area contributed by atoms with Gasteiger partial charge in [0.2, 0.25) is 0 Å². The summed E-state index contributed by atoms with van der Waals surface area (Å²) in [6.07, 6.45) is 5.90. The maximum absolute atomic E-state index is 11.8. The minimum Gasteiger partial charge on any atom is -0.494 e. The van der Waals surface area contributed by atoms with E-state index in [2.05, 4.69) is 6.08 Å². The molecule has 4 heteroatoms. The lowest BCUT2D eigenvalue weighted by Crippen LogP contribution is -2.44. The van der Waals surface area contributed by atoms with E-state index in [0.29, 0.717) is 5.92 Å². The number of carbonyl (C=O) groups is 1. The first-order chi connectivity index (χ1) is 7.96. The summed E-state index contributed by atoms with van der Waals surface area (Å²) >= 11 is 0. The van der Waals surface area contributed by atoms with Crippen molar-refractivity contribution in [2.75, 3.05) is 13.1 Å². The summed E-state index contributed by atoms with van der Waals surface area (Å²) in [5, 5.41) is 0. The molecular weight excluding hydrogens is 218 g/mol. The molecule has 0 radical (unpaired) electrons. The van der Waals surface area contributed by atoms with Gasteiger partial charge in [0.05, 0.1) is 6.26 Å². The van der Waals surface area contributed by atoms with Crippen molar-refractivity contribution in [3.05, 3.63) is 12.3 Å². The van der Waals surface area contributed by atoms with E-state index in [4.69, 9.17) is 9.47 Å². The van der Waals surface area contributed by atoms with Gasteiger partial charge in [0.25, 0.3) is 0 Å². The van der Waals surface area contributed by atoms with E-state index in [9.17, 15) is 4.79 Å². The number of amides is 1. The van der Waals surface area contributed by atoms with Gasteiger partial charge in [-0.05, 0) is 39.7 Å². The molecule has 2 aliphatic rings. The number of ether oxygens (including phenoxy) is 2. The van der Waals surface area contributed by atoms with Crippen molar-refractivity contribution >= 4 is 6.09 Å². The minimum absolute atomic E-state index is 0.194. The quantitative estimate of drug-likeness (QED) is 0.706. The van der Waals surface area contributed by atoms with Crippen molar-refractivity contribution in [3.8, 4) is 0 Å². The minimum atomic E-state index is -0.409. The topological polar surface area (TPSA) is 38.8 Å². The van der Waals surface area contributed by atoms with E-state index in [1.165, 1.54) is 0 Å². The molecule has 96 valence electrons. The molecule has 0 N–H and O–H groups in total. The molecule has 2 heterocycles. The average Bonchev–Trinajstić information content (AvgIpc) is 2.13. The van der Waals surface area contributed by atoms with Crippen molar-refractivity contribution in [2.24, 2.45) is 5.92 Å². The summed E-state index contributed by atoms with van der Waals surface area (Å²) < 4.78 is 10.7. The van der Waals surface area contributed by atoms with Gasteiger partial charge in [-0.3, -0.25) is 0 Å². The molecule has 1 saturated heterocycles. The van der Waals surface area contributed by atoms with Crippen molar-refractivity contribution < 1.29 is 14.3 Å². The molecule has 0 spiro atoms. The van der Waals surface area contributed by atoms with Crippen LogP contribution in [0.15, 0.2) is 12.3 Å². The monoisotopic (exact) mass is 239 g/mol. The highest BCUT2D eigenvalue weighted by molar-refractivity contribution is 5.68. The predicted octanol–water partition coefficient (Wildman–Crippen LogP) is 2.55. The van der Waals surface area contributed by atoms with Crippen LogP contribution in [-0.4, -0.2) is 35.8 Å². The van der Waals surface area contributed by atoms with Gasteiger partial charge in [0, 0.05) is 19.0 Å². The van der Waals surface area contributed by atoms with E-state index in [0.717, 1.165) is 25.9 Å². The fraction of sp³-hybridized carbons (Fsp3) is 0.769. The van der Waals surface area contributed by atoms with Crippen molar-refractivity contribution in [1.82, 2.24) is 4.90 Å². The van der Waals surface area contributed by atoms with Gasteiger partial charge in [0.1, 0.15) is 11.7 Å². The lowest BCUT2D eigenvalue weighted by molar-refractivity contribution is 0.00623. The molecule has 1 atom stereocenters. The van der Waals surface area contributed by atoms with Crippen LogP contribution in [0.2, 0.25) is 0 Å². The lowest BCUT2D eigenvalue weighted by atomic mass is 9.90. The van der Waals surface area contributed by atoms with E-state index in [1.807, 2.05) is 20.8 Å². The van der Waals surface area contributed by atoms with Gasteiger partial charge in [-0.25, -0.2) is 4.79 Å². The molecule has 0 saturated carbocycles. The standard InChI is InChI=1S/C13H21NO3/c1-13(2,3)17-12(15)14-7-4-10(5-8-14)11-6-9-16-11/h6,9-11H,4-5,7-8H2,1-3H3. The normalized spacial score (nSPS) is 25.1. The molecule has 1 amide bonds. The molecule has 4 nitrogen and oxygen atoms in total. The number of hydrogen-bond donors (Lipinski definition) is 0.